The lowest BCUT2D eigenvalue weighted by Crippen LogP contribution is -2.55. The second kappa shape index (κ2) is 6.90. The summed E-state index contributed by atoms with van der Waals surface area (Å²) in [6.45, 7) is 6.40. The van der Waals surface area contributed by atoms with E-state index in [2.05, 4.69) is 10.1 Å². The summed E-state index contributed by atoms with van der Waals surface area (Å²) in [5, 5.41) is 12.7. The van der Waals surface area contributed by atoms with Gasteiger partial charge in [0.1, 0.15) is 5.60 Å². The van der Waals surface area contributed by atoms with Crippen molar-refractivity contribution >= 4 is 12.1 Å². The molecule has 2 atom stereocenters. The summed E-state index contributed by atoms with van der Waals surface area (Å²) in [4.78, 5) is 24.6. The molecule has 1 heterocycles. The summed E-state index contributed by atoms with van der Waals surface area (Å²) in [7, 11) is 1.33. The number of aliphatic hydroxyl groups excluding tert-OH is 1. The average molecular weight is 288 g/mol. The molecule has 0 unspecified atom stereocenters. The topological polar surface area (TPSA) is 88.1 Å². The minimum atomic E-state index is -0.735. The molecule has 0 saturated carbocycles. The number of methoxy groups -OCH3 is 1. The Morgan fingerprint density at radius 2 is 2.05 bits per heavy atom. The Balaban J connectivity index is 2.41. The van der Waals surface area contributed by atoms with Gasteiger partial charge >= 0.3 is 12.1 Å². The predicted octanol–water partition coefficient (Wildman–Crippen LogP) is 0.119. The molecule has 7 nitrogen and oxygen atoms in total. The molecular formula is C13H24N2O5. The van der Waals surface area contributed by atoms with E-state index in [4.69, 9.17) is 4.74 Å². The predicted molar refractivity (Wildman–Crippen MR) is 72.2 cm³/mol. The van der Waals surface area contributed by atoms with Crippen LogP contribution in [0.1, 0.15) is 27.2 Å². The van der Waals surface area contributed by atoms with Gasteiger partial charge in [-0.1, -0.05) is 0 Å². The van der Waals surface area contributed by atoms with Gasteiger partial charge in [-0.3, -0.25) is 9.69 Å². The Labute approximate surface area is 119 Å². The zero-order chi connectivity index (χ0) is 15.3. The highest BCUT2D eigenvalue weighted by Crippen LogP contribution is 2.13. The molecule has 0 aliphatic carbocycles. The summed E-state index contributed by atoms with van der Waals surface area (Å²) in [5.41, 5.74) is -0.569. The molecule has 1 rings (SSSR count). The monoisotopic (exact) mass is 288 g/mol. The van der Waals surface area contributed by atoms with Crippen molar-refractivity contribution in [3.8, 4) is 0 Å². The summed E-state index contributed by atoms with van der Waals surface area (Å²) in [5.74, 6) is -0.337. The third-order valence-electron chi connectivity index (χ3n) is 2.95. The van der Waals surface area contributed by atoms with Gasteiger partial charge in [-0.25, -0.2) is 4.79 Å². The summed E-state index contributed by atoms with van der Waals surface area (Å²) < 4.78 is 9.73. The molecule has 0 bridgehead atoms. The molecule has 1 saturated heterocycles. The van der Waals surface area contributed by atoms with E-state index in [1.807, 2.05) is 0 Å². The zero-order valence-electron chi connectivity index (χ0n) is 12.5. The first-order valence-corrected chi connectivity index (χ1v) is 6.68. The quantitative estimate of drug-likeness (QED) is 0.717. The molecule has 0 aromatic carbocycles. The van der Waals surface area contributed by atoms with Gasteiger partial charge in [0.2, 0.25) is 0 Å². The van der Waals surface area contributed by atoms with Crippen molar-refractivity contribution in [3.63, 3.8) is 0 Å². The molecule has 0 aromatic rings. The Morgan fingerprint density at radius 3 is 2.55 bits per heavy atom. The number of carbonyl (C=O) groups is 2. The number of rotatable bonds is 3. The number of β-amino-alcohol motifs (C(OH)–C–C–N with tert-alkyl or cyclic N) is 1. The lowest BCUT2D eigenvalue weighted by molar-refractivity contribution is -0.142. The van der Waals surface area contributed by atoms with Crippen LogP contribution >= 0.6 is 0 Å². The highest BCUT2D eigenvalue weighted by atomic mass is 16.6. The number of likely N-dealkylation sites (tertiary alicyclic amines) is 1. The van der Waals surface area contributed by atoms with Gasteiger partial charge in [0.15, 0.2) is 0 Å². The SMILES string of the molecule is COC(=O)CN1CC[C@@H](NC(=O)OC(C)(C)C)[C@@H](O)C1. The second-order valence-electron chi connectivity index (χ2n) is 5.92. The lowest BCUT2D eigenvalue weighted by Gasteiger charge is -2.35. The van der Waals surface area contributed by atoms with Crippen LogP contribution in [0.2, 0.25) is 0 Å². The lowest BCUT2D eigenvalue weighted by atomic mass is 10.0. The highest BCUT2D eigenvalue weighted by Gasteiger charge is 2.31. The Hall–Kier alpha value is -1.34. The summed E-state index contributed by atoms with van der Waals surface area (Å²) in [6, 6.07) is -0.362. The van der Waals surface area contributed by atoms with E-state index >= 15 is 0 Å². The molecule has 0 aromatic heterocycles. The van der Waals surface area contributed by atoms with Crippen LogP contribution in [0.15, 0.2) is 0 Å². The molecule has 1 amide bonds. The van der Waals surface area contributed by atoms with Gasteiger partial charge in [0, 0.05) is 13.1 Å². The molecule has 0 radical (unpaired) electrons. The molecule has 7 heteroatoms. The van der Waals surface area contributed by atoms with E-state index < -0.39 is 17.8 Å². The smallest absolute Gasteiger partial charge is 0.407 e. The molecule has 1 fully saturated rings. The van der Waals surface area contributed by atoms with E-state index in [9.17, 15) is 14.7 Å². The Kier molecular flexibility index (Phi) is 5.76. The number of esters is 1. The Bertz CT molecular complexity index is 353. The van der Waals surface area contributed by atoms with Crippen LogP contribution in [0.5, 0.6) is 0 Å². The number of nitrogens with one attached hydrogen (secondary N) is 1. The first kappa shape index (κ1) is 16.7. The van der Waals surface area contributed by atoms with Crippen molar-refractivity contribution in [2.75, 3.05) is 26.7 Å². The van der Waals surface area contributed by atoms with Crippen molar-refractivity contribution in [1.29, 1.82) is 0 Å². The molecule has 2 N–H and O–H groups in total. The van der Waals surface area contributed by atoms with E-state index in [0.717, 1.165) is 0 Å². The fourth-order valence-electron chi connectivity index (χ4n) is 2.02. The van der Waals surface area contributed by atoms with Crippen molar-refractivity contribution in [2.45, 2.75) is 44.9 Å². The number of aliphatic hydroxyl groups is 1. The van der Waals surface area contributed by atoms with Crippen molar-refractivity contribution in [3.05, 3.63) is 0 Å². The Morgan fingerprint density at radius 1 is 1.40 bits per heavy atom. The van der Waals surface area contributed by atoms with Gasteiger partial charge in [0.25, 0.3) is 0 Å². The van der Waals surface area contributed by atoms with Gasteiger partial charge in [-0.05, 0) is 27.2 Å². The minimum Gasteiger partial charge on any atom is -0.468 e. The van der Waals surface area contributed by atoms with Crippen molar-refractivity contribution in [2.24, 2.45) is 0 Å². The molecule has 1 aliphatic rings. The number of hydrogen-bond donors (Lipinski definition) is 2. The van der Waals surface area contributed by atoms with E-state index in [0.29, 0.717) is 19.5 Å². The number of hydrogen-bond acceptors (Lipinski definition) is 6. The van der Waals surface area contributed by atoms with Gasteiger partial charge < -0.3 is 19.9 Å². The maximum absolute atomic E-state index is 11.6. The first-order chi connectivity index (χ1) is 9.21. The number of carbonyl (C=O) groups excluding carboxylic acids is 2. The number of nitrogens with zero attached hydrogens (tertiary/aromatic N) is 1. The van der Waals surface area contributed by atoms with E-state index in [-0.39, 0.29) is 18.6 Å². The summed E-state index contributed by atoms with van der Waals surface area (Å²) in [6.07, 6.45) is -0.721. The molecule has 116 valence electrons. The van der Waals surface area contributed by atoms with Crippen LogP contribution in [-0.4, -0.2) is 66.6 Å². The number of alkyl carbamates (subject to hydrolysis) is 1. The van der Waals surface area contributed by atoms with E-state index in [1.54, 1.807) is 25.7 Å². The van der Waals surface area contributed by atoms with Crippen molar-refractivity contribution < 1.29 is 24.2 Å². The number of amides is 1. The zero-order valence-corrected chi connectivity index (χ0v) is 12.5. The largest absolute Gasteiger partial charge is 0.468 e. The van der Waals surface area contributed by atoms with Crippen LogP contribution in [-0.2, 0) is 14.3 Å². The van der Waals surface area contributed by atoms with Crippen LogP contribution in [0.3, 0.4) is 0 Å². The number of ether oxygens (including phenoxy) is 2. The van der Waals surface area contributed by atoms with Crippen molar-refractivity contribution in [1.82, 2.24) is 10.2 Å². The van der Waals surface area contributed by atoms with Crippen LogP contribution in [0.25, 0.3) is 0 Å². The van der Waals surface area contributed by atoms with Crippen LogP contribution in [0.4, 0.5) is 4.79 Å². The first-order valence-electron chi connectivity index (χ1n) is 6.68. The second-order valence-corrected chi connectivity index (χ2v) is 5.92. The standard InChI is InChI=1S/C13H24N2O5/c1-13(2,3)20-12(18)14-9-5-6-15(7-10(9)16)8-11(17)19-4/h9-10,16H,5-8H2,1-4H3,(H,14,18)/t9-,10+/m1/s1. The fourth-order valence-corrected chi connectivity index (χ4v) is 2.02. The van der Waals surface area contributed by atoms with E-state index in [1.165, 1.54) is 7.11 Å². The maximum Gasteiger partial charge on any atom is 0.407 e. The molecule has 1 aliphatic heterocycles. The third-order valence-corrected chi connectivity index (χ3v) is 2.95. The fraction of sp³-hybridized carbons (Fsp3) is 0.846. The average Bonchev–Trinajstić information content (AvgIpc) is 2.30. The molecule has 0 spiro atoms. The van der Waals surface area contributed by atoms with Gasteiger partial charge in [-0.2, -0.15) is 0 Å². The van der Waals surface area contributed by atoms with Crippen LogP contribution in [0, 0.1) is 0 Å². The normalized spacial score (nSPS) is 24.1. The maximum atomic E-state index is 11.6. The van der Waals surface area contributed by atoms with Gasteiger partial charge in [0.05, 0.1) is 25.8 Å². The van der Waals surface area contributed by atoms with Crippen LogP contribution < -0.4 is 5.32 Å². The third kappa shape index (κ3) is 5.75. The molecule has 20 heavy (non-hydrogen) atoms. The minimum absolute atomic E-state index is 0.146. The van der Waals surface area contributed by atoms with Gasteiger partial charge in [-0.15, -0.1) is 0 Å². The summed E-state index contributed by atoms with van der Waals surface area (Å²) >= 11 is 0. The molecular weight excluding hydrogens is 264 g/mol. The number of piperidine rings is 1. The highest BCUT2D eigenvalue weighted by molar-refractivity contribution is 5.71.